The lowest BCUT2D eigenvalue weighted by Gasteiger charge is -2.30. The van der Waals surface area contributed by atoms with Gasteiger partial charge in [0.15, 0.2) is 0 Å². The molecule has 2 rings (SSSR count). The third kappa shape index (κ3) is 4.11. The summed E-state index contributed by atoms with van der Waals surface area (Å²) >= 11 is 6.92. The van der Waals surface area contributed by atoms with Gasteiger partial charge in [0.25, 0.3) is 0 Å². The van der Waals surface area contributed by atoms with Crippen molar-refractivity contribution in [3.63, 3.8) is 0 Å². The van der Waals surface area contributed by atoms with Crippen LogP contribution in [0.4, 0.5) is 5.69 Å². The van der Waals surface area contributed by atoms with Crippen molar-refractivity contribution >= 4 is 43.5 Å². The summed E-state index contributed by atoms with van der Waals surface area (Å²) in [6.07, 6.45) is 0. The van der Waals surface area contributed by atoms with Gasteiger partial charge in [0.05, 0.1) is 30.5 Å². The van der Waals surface area contributed by atoms with E-state index >= 15 is 0 Å². The van der Waals surface area contributed by atoms with Gasteiger partial charge in [-0.1, -0.05) is 0 Å². The second kappa shape index (κ2) is 7.47. The van der Waals surface area contributed by atoms with Gasteiger partial charge in [0.2, 0.25) is 5.91 Å². The molecule has 0 saturated carbocycles. The lowest BCUT2D eigenvalue weighted by Crippen LogP contribution is -2.47. The topological polar surface area (TPSA) is 50.8 Å². The van der Waals surface area contributed by atoms with Crippen molar-refractivity contribution in [2.75, 3.05) is 38.7 Å². The Kier molecular flexibility index (Phi) is 5.89. The van der Waals surface area contributed by atoms with Crippen LogP contribution in [-0.2, 0) is 9.53 Å². The predicted molar refractivity (Wildman–Crippen MR) is 88.9 cm³/mol. The minimum atomic E-state index is -0.315. The molecule has 1 atom stereocenters. The van der Waals surface area contributed by atoms with Crippen LogP contribution in [-0.4, -0.2) is 50.3 Å². The fraction of sp³-hybridized carbons (Fsp3) is 0.500. The Hall–Kier alpha value is -0.790. The third-order valence-corrected chi connectivity index (χ3v) is 4.58. The smallest absolute Gasteiger partial charge is 0.244 e. The number of anilines is 1. The number of benzene rings is 1. The summed E-state index contributed by atoms with van der Waals surface area (Å²) < 4.78 is 12.3. The molecular formula is C14H18Br2N2O3. The second-order valence-electron chi connectivity index (χ2n) is 4.77. The summed E-state index contributed by atoms with van der Waals surface area (Å²) in [5, 5.41) is 3.23. The maximum atomic E-state index is 12.4. The molecule has 1 aliphatic rings. The van der Waals surface area contributed by atoms with Crippen molar-refractivity contribution in [2.24, 2.45) is 0 Å². The van der Waals surface area contributed by atoms with E-state index in [9.17, 15) is 4.79 Å². The standard InChI is InChI=1S/C14H18Br2N2O3/c1-9(14(19)18-3-5-21-6-4-18)17-12-8-13(20-2)11(16)7-10(12)15/h7-9,17H,3-6H2,1-2H3. The van der Waals surface area contributed by atoms with E-state index in [1.807, 2.05) is 24.0 Å². The second-order valence-corrected chi connectivity index (χ2v) is 6.48. The predicted octanol–water partition coefficient (Wildman–Crippen LogP) is 2.88. The number of morpholine rings is 1. The number of ether oxygens (including phenoxy) is 2. The quantitative estimate of drug-likeness (QED) is 0.811. The first kappa shape index (κ1) is 16.6. The molecule has 0 aromatic heterocycles. The maximum absolute atomic E-state index is 12.4. The van der Waals surface area contributed by atoms with Gasteiger partial charge in [-0.2, -0.15) is 0 Å². The van der Waals surface area contributed by atoms with Crippen molar-refractivity contribution in [2.45, 2.75) is 13.0 Å². The number of hydrogen-bond donors (Lipinski definition) is 1. The van der Waals surface area contributed by atoms with Gasteiger partial charge in [-0.25, -0.2) is 0 Å². The fourth-order valence-corrected chi connectivity index (χ4v) is 3.42. The van der Waals surface area contributed by atoms with Crippen molar-refractivity contribution in [3.05, 3.63) is 21.1 Å². The van der Waals surface area contributed by atoms with Crippen LogP contribution in [0.2, 0.25) is 0 Å². The summed E-state index contributed by atoms with van der Waals surface area (Å²) in [5.41, 5.74) is 0.823. The molecule has 1 aromatic rings. The largest absolute Gasteiger partial charge is 0.495 e. The van der Waals surface area contributed by atoms with E-state index < -0.39 is 0 Å². The van der Waals surface area contributed by atoms with E-state index in [4.69, 9.17) is 9.47 Å². The van der Waals surface area contributed by atoms with Gasteiger partial charge in [0, 0.05) is 23.6 Å². The highest BCUT2D eigenvalue weighted by atomic mass is 79.9. The maximum Gasteiger partial charge on any atom is 0.244 e. The summed E-state index contributed by atoms with van der Waals surface area (Å²) in [7, 11) is 1.61. The lowest BCUT2D eigenvalue weighted by atomic mass is 10.2. The summed E-state index contributed by atoms with van der Waals surface area (Å²) in [5.74, 6) is 0.791. The van der Waals surface area contributed by atoms with E-state index in [0.717, 1.165) is 14.6 Å². The minimum absolute atomic E-state index is 0.0760. The highest BCUT2D eigenvalue weighted by Gasteiger charge is 2.23. The number of hydrogen-bond acceptors (Lipinski definition) is 4. The molecule has 0 aliphatic carbocycles. The van der Waals surface area contributed by atoms with Crippen LogP contribution in [0.1, 0.15) is 6.92 Å². The molecule has 5 nitrogen and oxygen atoms in total. The van der Waals surface area contributed by atoms with Crippen molar-refractivity contribution < 1.29 is 14.3 Å². The van der Waals surface area contributed by atoms with Crippen LogP contribution >= 0.6 is 31.9 Å². The highest BCUT2D eigenvalue weighted by molar-refractivity contribution is 9.11. The zero-order chi connectivity index (χ0) is 15.4. The Morgan fingerprint density at radius 1 is 1.33 bits per heavy atom. The van der Waals surface area contributed by atoms with Crippen LogP contribution < -0.4 is 10.1 Å². The molecule has 21 heavy (non-hydrogen) atoms. The fourth-order valence-electron chi connectivity index (χ4n) is 2.15. The molecule has 0 radical (unpaired) electrons. The summed E-state index contributed by atoms with van der Waals surface area (Å²) in [6, 6.07) is 3.44. The molecule has 1 aromatic carbocycles. The number of carbonyl (C=O) groups is 1. The van der Waals surface area contributed by atoms with Gasteiger partial charge in [0.1, 0.15) is 11.8 Å². The van der Waals surface area contributed by atoms with Gasteiger partial charge < -0.3 is 19.7 Å². The SMILES string of the molecule is COc1cc(NC(C)C(=O)N2CCOCC2)c(Br)cc1Br. The number of methoxy groups -OCH3 is 1. The monoisotopic (exact) mass is 420 g/mol. The molecule has 1 aliphatic heterocycles. The molecule has 116 valence electrons. The van der Waals surface area contributed by atoms with Crippen LogP contribution in [0.5, 0.6) is 5.75 Å². The zero-order valence-corrected chi connectivity index (χ0v) is 15.2. The summed E-state index contributed by atoms with van der Waals surface area (Å²) in [4.78, 5) is 14.2. The number of carbonyl (C=O) groups excluding carboxylic acids is 1. The zero-order valence-electron chi connectivity index (χ0n) is 12.0. The normalized spacial score (nSPS) is 16.5. The third-order valence-electron chi connectivity index (χ3n) is 3.31. The Morgan fingerprint density at radius 2 is 2.00 bits per heavy atom. The first-order chi connectivity index (χ1) is 10.0. The molecule has 1 N–H and O–H groups in total. The first-order valence-corrected chi connectivity index (χ1v) is 8.27. The Labute approximate surface area is 141 Å². The number of nitrogens with zero attached hydrogens (tertiary/aromatic N) is 1. The molecule has 1 amide bonds. The average molecular weight is 422 g/mol. The average Bonchev–Trinajstić information content (AvgIpc) is 2.50. The molecule has 1 fully saturated rings. The van der Waals surface area contributed by atoms with Crippen LogP contribution in [0, 0.1) is 0 Å². The molecule has 0 spiro atoms. The molecular weight excluding hydrogens is 404 g/mol. The van der Waals surface area contributed by atoms with Crippen molar-refractivity contribution in [1.82, 2.24) is 4.90 Å². The molecule has 1 saturated heterocycles. The van der Waals surface area contributed by atoms with Gasteiger partial charge in [-0.15, -0.1) is 0 Å². The lowest BCUT2D eigenvalue weighted by molar-refractivity contribution is -0.135. The van der Waals surface area contributed by atoms with Crippen LogP contribution in [0.25, 0.3) is 0 Å². The summed E-state index contributed by atoms with van der Waals surface area (Å²) in [6.45, 7) is 4.37. The van der Waals surface area contributed by atoms with Gasteiger partial charge in [-0.05, 0) is 44.8 Å². The number of amides is 1. The number of halogens is 2. The minimum Gasteiger partial charge on any atom is -0.495 e. The Bertz CT molecular complexity index is 519. The Morgan fingerprint density at radius 3 is 2.62 bits per heavy atom. The Balaban J connectivity index is 2.08. The number of nitrogens with one attached hydrogen (secondary N) is 1. The molecule has 1 unspecified atom stereocenters. The van der Waals surface area contributed by atoms with Crippen LogP contribution in [0.15, 0.2) is 21.1 Å². The van der Waals surface area contributed by atoms with Gasteiger partial charge >= 0.3 is 0 Å². The number of rotatable bonds is 4. The van der Waals surface area contributed by atoms with E-state index in [1.165, 1.54) is 0 Å². The first-order valence-electron chi connectivity index (χ1n) is 6.69. The van der Waals surface area contributed by atoms with E-state index in [2.05, 4.69) is 37.2 Å². The van der Waals surface area contributed by atoms with E-state index in [0.29, 0.717) is 32.1 Å². The van der Waals surface area contributed by atoms with Gasteiger partial charge in [-0.3, -0.25) is 4.79 Å². The van der Waals surface area contributed by atoms with Crippen LogP contribution in [0.3, 0.4) is 0 Å². The van der Waals surface area contributed by atoms with E-state index in [1.54, 1.807) is 7.11 Å². The molecule has 7 heteroatoms. The molecule has 1 heterocycles. The van der Waals surface area contributed by atoms with Crippen molar-refractivity contribution in [1.29, 1.82) is 0 Å². The van der Waals surface area contributed by atoms with Crippen molar-refractivity contribution in [3.8, 4) is 5.75 Å². The van der Waals surface area contributed by atoms with E-state index in [-0.39, 0.29) is 11.9 Å². The molecule has 0 bridgehead atoms. The highest BCUT2D eigenvalue weighted by Crippen LogP contribution is 2.34.